The fourth-order valence-corrected chi connectivity index (χ4v) is 2.93. The molecule has 1 aliphatic rings. The number of anilines is 1. The highest BCUT2D eigenvalue weighted by molar-refractivity contribution is 5.89. The minimum absolute atomic E-state index is 0.166. The second kappa shape index (κ2) is 6.69. The van der Waals surface area contributed by atoms with E-state index in [1.807, 2.05) is 6.92 Å². The summed E-state index contributed by atoms with van der Waals surface area (Å²) in [5, 5.41) is 20.1. The van der Waals surface area contributed by atoms with Crippen molar-refractivity contribution in [3.8, 4) is 5.69 Å². The van der Waals surface area contributed by atoms with Crippen LogP contribution in [0.3, 0.4) is 0 Å². The largest absolute Gasteiger partial charge is 0.481 e. The van der Waals surface area contributed by atoms with Crippen LogP contribution in [-0.4, -0.2) is 50.1 Å². The normalized spacial score (nSPS) is 20.6. The summed E-state index contributed by atoms with van der Waals surface area (Å²) < 4.78 is 0. The summed E-state index contributed by atoms with van der Waals surface area (Å²) in [6, 6.07) is 6.85. The molecular formula is C16H19N5O3. The van der Waals surface area contributed by atoms with Crippen molar-refractivity contribution in [2.24, 2.45) is 11.8 Å². The second-order valence-electron chi connectivity index (χ2n) is 6.08. The fourth-order valence-electron chi connectivity index (χ4n) is 2.93. The third kappa shape index (κ3) is 3.53. The summed E-state index contributed by atoms with van der Waals surface area (Å²) >= 11 is 0. The van der Waals surface area contributed by atoms with Crippen molar-refractivity contribution >= 4 is 17.7 Å². The molecule has 1 aromatic carbocycles. The first kappa shape index (κ1) is 16.0. The van der Waals surface area contributed by atoms with Gasteiger partial charge in [-0.25, -0.2) is 4.79 Å². The van der Waals surface area contributed by atoms with Crippen molar-refractivity contribution in [1.29, 1.82) is 0 Å². The first-order valence-corrected chi connectivity index (χ1v) is 7.78. The van der Waals surface area contributed by atoms with Crippen LogP contribution in [-0.2, 0) is 4.79 Å². The van der Waals surface area contributed by atoms with Crippen LogP contribution in [0.2, 0.25) is 0 Å². The van der Waals surface area contributed by atoms with Gasteiger partial charge in [0.15, 0.2) is 0 Å². The highest BCUT2D eigenvalue weighted by Crippen LogP contribution is 2.22. The Morgan fingerprint density at radius 3 is 2.46 bits per heavy atom. The third-order valence-corrected chi connectivity index (χ3v) is 4.06. The maximum Gasteiger partial charge on any atom is 0.321 e. The molecule has 2 aromatic rings. The first-order chi connectivity index (χ1) is 11.5. The zero-order chi connectivity index (χ0) is 17.1. The monoisotopic (exact) mass is 329 g/mol. The number of carbonyl (C=O) groups excluding carboxylic acids is 1. The van der Waals surface area contributed by atoms with Crippen LogP contribution in [0.4, 0.5) is 10.5 Å². The lowest BCUT2D eigenvalue weighted by Gasteiger charge is -2.34. The van der Waals surface area contributed by atoms with Gasteiger partial charge >= 0.3 is 12.0 Å². The summed E-state index contributed by atoms with van der Waals surface area (Å²) in [5.41, 5.74) is 1.43. The van der Waals surface area contributed by atoms with Crippen LogP contribution < -0.4 is 5.32 Å². The summed E-state index contributed by atoms with van der Waals surface area (Å²) in [6.07, 6.45) is 3.78. The summed E-state index contributed by atoms with van der Waals surface area (Å²) in [4.78, 5) is 26.6. The van der Waals surface area contributed by atoms with Gasteiger partial charge in [-0.2, -0.15) is 15.0 Å². The smallest absolute Gasteiger partial charge is 0.321 e. The molecule has 1 fully saturated rings. The lowest BCUT2D eigenvalue weighted by Crippen LogP contribution is -2.47. The van der Waals surface area contributed by atoms with Gasteiger partial charge in [0.1, 0.15) is 0 Å². The van der Waals surface area contributed by atoms with Crippen LogP contribution in [0.1, 0.15) is 13.3 Å². The number of rotatable bonds is 3. The lowest BCUT2D eigenvalue weighted by atomic mass is 9.91. The molecule has 2 amide bonds. The Morgan fingerprint density at radius 2 is 1.83 bits per heavy atom. The average Bonchev–Trinajstić information content (AvgIpc) is 3.09. The van der Waals surface area contributed by atoms with Crippen LogP contribution in [0.15, 0.2) is 36.7 Å². The van der Waals surface area contributed by atoms with Gasteiger partial charge in [0.25, 0.3) is 0 Å². The molecule has 1 aromatic heterocycles. The highest BCUT2D eigenvalue weighted by Gasteiger charge is 2.31. The van der Waals surface area contributed by atoms with Crippen molar-refractivity contribution < 1.29 is 14.7 Å². The number of benzene rings is 1. The number of urea groups is 1. The fraction of sp³-hybridized carbons (Fsp3) is 0.375. The number of hydrogen-bond acceptors (Lipinski definition) is 4. The van der Waals surface area contributed by atoms with Gasteiger partial charge in [0.2, 0.25) is 0 Å². The van der Waals surface area contributed by atoms with Gasteiger partial charge in [-0.3, -0.25) is 4.79 Å². The van der Waals surface area contributed by atoms with Gasteiger partial charge < -0.3 is 15.3 Å². The third-order valence-electron chi connectivity index (χ3n) is 4.06. The maximum absolute atomic E-state index is 12.4. The molecule has 2 unspecified atom stereocenters. The number of piperidine rings is 1. The van der Waals surface area contributed by atoms with E-state index < -0.39 is 11.9 Å². The molecule has 0 saturated carbocycles. The number of aromatic nitrogens is 3. The van der Waals surface area contributed by atoms with E-state index in [0.717, 1.165) is 5.69 Å². The predicted octanol–water partition coefficient (Wildman–Crippen LogP) is 1.84. The average molecular weight is 329 g/mol. The minimum atomic E-state index is -0.851. The number of nitrogens with zero attached hydrogens (tertiary/aromatic N) is 4. The molecular weight excluding hydrogens is 310 g/mol. The van der Waals surface area contributed by atoms with E-state index in [-0.39, 0.29) is 18.5 Å². The second-order valence-corrected chi connectivity index (χ2v) is 6.08. The van der Waals surface area contributed by atoms with Gasteiger partial charge in [-0.05, 0) is 36.6 Å². The number of likely N-dealkylation sites (tertiary alicyclic amines) is 1. The van der Waals surface area contributed by atoms with E-state index in [1.54, 1.807) is 41.6 Å². The van der Waals surface area contributed by atoms with Crippen LogP contribution >= 0.6 is 0 Å². The Labute approximate surface area is 139 Å². The number of carbonyl (C=O) groups is 2. The molecule has 1 saturated heterocycles. The predicted molar refractivity (Wildman–Crippen MR) is 86.9 cm³/mol. The number of hydrogen-bond donors (Lipinski definition) is 2. The SMILES string of the molecule is CC1CC(C(=O)O)CN(C(=O)Nc2ccc(-n3nccn3)cc2)C1. The Morgan fingerprint density at radius 1 is 1.17 bits per heavy atom. The molecule has 0 aliphatic carbocycles. The Kier molecular flexibility index (Phi) is 4.45. The topological polar surface area (TPSA) is 100 Å². The van der Waals surface area contributed by atoms with Crippen molar-refractivity contribution in [3.63, 3.8) is 0 Å². The molecule has 2 N–H and O–H groups in total. The van der Waals surface area contributed by atoms with Crippen molar-refractivity contribution in [2.45, 2.75) is 13.3 Å². The Hall–Kier alpha value is -2.90. The lowest BCUT2D eigenvalue weighted by molar-refractivity contribution is -0.143. The van der Waals surface area contributed by atoms with E-state index in [9.17, 15) is 14.7 Å². The van der Waals surface area contributed by atoms with E-state index in [0.29, 0.717) is 18.7 Å². The van der Waals surface area contributed by atoms with Crippen molar-refractivity contribution in [3.05, 3.63) is 36.7 Å². The van der Waals surface area contributed by atoms with E-state index in [2.05, 4.69) is 15.5 Å². The number of carboxylic acid groups (broad SMARTS) is 1. The van der Waals surface area contributed by atoms with E-state index >= 15 is 0 Å². The quantitative estimate of drug-likeness (QED) is 0.895. The minimum Gasteiger partial charge on any atom is -0.481 e. The molecule has 2 atom stereocenters. The molecule has 126 valence electrons. The number of carboxylic acids is 1. The number of nitrogens with one attached hydrogen (secondary N) is 1. The number of aliphatic carboxylic acids is 1. The summed E-state index contributed by atoms with van der Waals surface area (Å²) in [6.45, 7) is 2.76. The summed E-state index contributed by atoms with van der Waals surface area (Å²) in [7, 11) is 0. The molecule has 0 radical (unpaired) electrons. The van der Waals surface area contributed by atoms with Crippen LogP contribution in [0.5, 0.6) is 0 Å². The number of amides is 2. The Bertz CT molecular complexity index is 714. The van der Waals surface area contributed by atoms with Crippen molar-refractivity contribution in [1.82, 2.24) is 19.9 Å². The zero-order valence-corrected chi connectivity index (χ0v) is 13.3. The standard InChI is InChI=1S/C16H19N5O3/c1-11-8-12(15(22)23)10-20(9-11)16(24)19-13-2-4-14(5-3-13)21-17-6-7-18-21/h2-7,11-12H,8-10H2,1H3,(H,19,24)(H,22,23). The highest BCUT2D eigenvalue weighted by atomic mass is 16.4. The molecule has 3 rings (SSSR count). The van der Waals surface area contributed by atoms with Gasteiger partial charge in [-0.15, -0.1) is 0 Å². The molecule has 8 nitrogen and oxygen atoms in total. The van der Waals surface area contributed by atoms with Crippen molar-refractivity contribution in [2.75, 3.05) is 18.4 Å². The first-order valence-electron chi connectivity index (χ1n) is 7.78. The zero-order valence-electron chi connectivity index (χ0n) is 13.3. The Balaban J connectivity index is 1.65. The molecule has 0 bridgehead atoms. The van der Waals surface area contributed by atoms with Gasteiger partial charge in [-0.1, -0.05) is 6.92 Å². The molecule has 8 heteroatoms. The van der Waals surface area contributed by atoms with E-state index in [4.69, 9.17) is 0 Å². The van der Waals surface area contributed by atoms with Gasteiger partial charge in [0.05, 0.1) is 24.0 Å². The molecule has 1 aliphatic heterocycles. The van der Waals surface area contributed by atoms with E-state index in [1.165, 1.54) is 4.80 Å². The van der Waals surface area contributed by atoms with Crippen LogP contribution in [0.25, 0.3) is 5.69 Å². The molecule has 0 spiro atoms. The summed E-state index contributed by atoms with van der Waals surface area (Å²) in [5.74, 6) is -1.19. The van der Waals surface area contributed by atoms with Gasteiger partial charge in [0, 0.05) is 18.8 Å². The maximum atomic E-state index is 12.4. The molecule has 24 heavy (non-hydrogen) atoms. The molecule has 2 heterocycles. The van der Waals surface area contributed by atoms with Crippen LogP contribution in [0, 0.1) is 11.8 Å².